The van der Waals surface area contributed by atoms with Gasteiger partial charge in [0.1, 0.15) is 10.1 Å². The first-order valence-corrected chi connectivity index (χ1v) is 17.5. The molecule has 0 aliphatic carbocycles. The molecule has 0 bridgehead atoms. The molecule has 0 saturated carbocycles. The van der Waals surface area contributed by atoms with Crippen molar-refractivity contribution in [2.45, 2.75) is 140 Å². The Morgan fingerprint density at radius 3 is 1.59 bits per heavy atom. The van der Waals surface area contributed by atoms with Crippen LogP contribution in [0.5, 0.6) is 0 Å². The molecule has 2 aromatic rings. The van der Waals surface area contributed by atoms with Crippen molar-refractivity contribution in [2.75, 3.05) is 10.2 Å². The van der Waals surface area contributed by atoms with Crippen molar-refractivity contribution in [3.05, 3.63) is 60.2 Å². The van der Waals surface area contributed by atoms with E-state index in [9.17, 15) is 13.0 Å². The second kappa shape index (κ2) is 20.5. The van der Waals surface area contributed by atoms with Crippen LogP contribution in [0.25, 0.3) is 0 Å². The van der Waals surface area contributed by atoms with Crippen LogP contribution in [0, 0.1) is 0 Å². The SMILES string of the molecule is CCCCCCCCCCCCCCCCCCCCC1(S(=O)(=O)[O-])Nc2ccccc2N1Cc1ccccc1.[K+]. The predicted molar refractivity (Wildman–Crippen MR) is 169 cm³/mol. The van der Waals surface area contributed by atoms with Gasteiger partial charge in [0.2, 0.25) is 4.99 Å². The number of para-hydroxylation sites is 2. The van der Waals surface area contributed by atoms with Gasteiger partial charge in [-0.05, 0) is 24.1 Å². The Morgan fingerprint density at radius 2 is 1.10 bits per heavy atom. The maximum atomic E-state index is 12.8. The van der Waals surface area contributed by atoms with Gasteiger partial charge in [0.25, 0.3) is 0 Å². The summed E-state index contributed by atoms with van der Waals surface area (Å²) in [5.74, 6) is 0. The first-order valence-electron chi connectivity index (χ1n) is 16.1. The third-order valence-corrected chi connectivity index (χ3v) is 9.78. The Hall–Kier alpha value is -0.414. The van der Waals surface area contributed by atoms with E-state index in [0.29, 0.717) is 18.7 Å². The van der Waals surface area contributed by atoms with Gasteiger partial charge in [-0.2, -0.15) is 0 Å². The molecule has 1 aliphatic rings. The van der Waals surface area contributed by atoms with Crippen molar-refractivity contribution in [3.8, 4) is 0 Å². The number of hydrogen-bond donors (Lipinski definition) is 1. The van der Waals surface area contributed by atoms with E-state index < -0.39 is 15.1 Å². The number of fused-ring (bicyclic) bond motifs is 1. The molecule has 0 fully saturated rings. The topological polar surface area (TPSA) is 72.5 Å². The third-order valence-electron chi connectivity index (χ3n) is 8.43. The van der Waals surface area contributed by atoms with Gasteiger partial charge in [0.05, 0.1) is 11.4 Å². The van der Waals surface area contributed by atoms with Crippen molar-refractivity contribution in [2.24, 2.45) is 0 Å². The van der Waals surface area contributed by atoms with Crippen molar-refractivity contribution < 1.29 is 64.4 Å². The molecule has 0 amide bonds. The summed E-state index contributed by atoms with van der Waals surface area (Å²) in [7, 11) is -4.66. The number of unbranched alkanes of at least 4 members (excludes halogenated alkanes) is 17. The van der Waals surface area contributed by atoms with E-state index in [1.54, 1.807) is 4.90 Å². The fourth-order valence-electron chi connectivity index (χ4n) is 6.05. The maximum Gasteiger partial charge on any atom is 1.00 e. The first-order chi connectivity index (χ1) is 19.5. The minimum atomic E-state index is -4.66. The van der Waals surface area contributed by atoms with Gasteiger partial charge in [-0.25, -0.2) is 8.42 Å². The standard InChI is InChI=1S/C34H54N2O3S.K/c1-2-3-4-5-6-7-8-9-10-11-12-13-14-15-16-17-18-24-29-34(40(37,38)39)35-32-27-22-23-28-33(32)36(34)30-31-25-20-19-21-26-31;/h19-23,25-28,35H,2-18,24,29-30H2,1H3,(H,37,38,39);/q;+1/p-1. The molecule has 1 atom stereocenters. The van der Waals surface area contributed by atoms with E-state index in [0.717, 1.165) is 24.1 Å². The second-order valence-electron chi connectivity index (χ2n) is 11.7. The van der Waals surface area contributed by atoms with Crippen LogP contribution < -0.4 is 61.6 Å². The average Bonchev–Trinajstić information content (AvgIpc) is 3.27. The molecular weight excluding hydrogens is 556 g/mol. The average molecular weight is 609 g/mol. The Balaban J connectivity index is 0.00000588. The summed E-state index contributed by atoms with van der Waals surface area (Å²) in [6.07, 6.45) is 23.4. The molecule has 0 spiro atoms. The van der Waals surface area contributed by atoms with E-state index in [1.165, 1.54) is 96.3 Å². The summed E-state index contributed by atoms with van der Waals surface area (Å²) in [4.78, 5) is 0.120. The molecule has 2 aromatic carbocycles. The zero-order chi connectivity index (χ0) is 28.5. The van der Waals surface area contributed by atoms with Crippen molar-refractivity contribution in [1.29, 1.82) is 0 Å². The fraction of sp³-hybridized carbons (Fsp3) is 0.647. The van der Waals surface area contributed by atoms with Crippen LogP contribution in [-0.4, -0.2) is 18.0 Å². The molecule has 1 unspecified atom stereocenters. The number of nitrogens with one attached hydrogen (secondary N) is 1. The smallest absolute Gasteiger partial charge is 0.745 e. The van der Waals surface area contributed by atoms with Crippen LogP contribution in [-0.2, 0) is 16.7 Å². The minimum absolute atomic E-state index is 0. The number of rotatable bonds is 22. The molecule has 41 heavy (non-hydrogen) atoms. The monoisotopic (exact) mass is 608 g/mol. The molecular formula is C34H53KN2O3S. The fourth-order valence-corrected chi connectivity index (χ4v) is 7.11. The number of nitrogens with zero attached hydrogens (tertiary/aromatic N) is 1. The first kappa shape index (κ1) is 36.8. The van der Waals surface area contributed by atoms with Gasteiger partial charge in [-0.3, -0.25) is 0 Å². The van der Waals surface area contributed by atoms with Gasteiger partial charge in [0, 0.05) is 13.0 Å². The van der Waals surface area contributed by atoms with E-state index >= 15 is 0 Å². The third kappa shape index (κ3) is 12.2. The van der Waals surface area contributed by atoms with Crippen LogP contribution in [0.4, 0.5) is 11.4 Å². The second-order valence-corrected chi connectivity index (χ2v) is 13.3. The van der Waals surface area contributed by atoms with Gasteiger partial charge in [-0.1, -0.05) is 159 Å². The van der Waals surface area contributed by atoms with Crippen LogP contribution in [0.1, 0.15) is 134 Å². The molecule has 1 aliphatic heterocycles. The summed E-state index contributed by atoms with van der Waals surface area (Å²) < 4.78 is 38.3. The molecule has 0 aromatic heterocycles. The van der Waals surface area contributed by atoms with Crippen molar-refractivity contribution >= 4 is 21.5 Å². The summed E-state index contributed by atoms with van der Waals surface area (Å²) in [5.41, 5.74) is 2.46. The number of anilines is 2. The molecule has 224 valence electrons. The molecule has 7 heteroatoms. The minimum Gasteiger partial charge on any atom is -0.745 e. The van der Waals surface area contributed by atoms with Crippen LogP contribution in [0.3, 0.4) is 0 Å². The number of benzene rings is 2. The van der Waals surface area contributed by atoms with Gasteiger partial charge < -0.3 is 14.8 Å². The van der Waals surface area contributed by atoms with Gasteiger partial charge in [0.15, 0.2) is 0 Å². The quantitative estimate of drug-likeness (QED) is 0.0909. The Morgan fingerprint density at radius 1 is 0.659 bits per heavy atom. The van der Waals surface area contributed by atoms with Crippen molar-refractivity contribution in [1.82, 2.24) is 0 Å². The van der Waals surface area contributed by atoms with E-state index in [-0.39, 0.29) is 57.8 Å². The predicted octanol–water partition coefficient (Wildman–Crippen LogP) is 6.75. The summed E-state index contributed by atoms with van der Waals surface area (Å²) >= 11 is 0. The van der Waals surface area contributed by atoms with E-state index in [1.807, 2.05) is 54.6 Å². The Kier molecular flexibility index (Phi) is 18.4. The maximum absolute atomic E-state index is 12.8. The van der Waals surface area contributed by atoms with E-state index in [2.05, 4.69) is 12.2 Å². The normalized spacial score (nSPS) is 16.3. The molecule has 1 N–H and O–H groups in total. The van der Waals surface area contributed by atoms with Gasteiger partial charge in [-0.15, -0.1) is 0 Å². The zero-order valence-corrected chi connectivity index (χ0v) is 29.9. The van der Waals surface area contributed by atoms with Gasteiger partial charge >= 0.3 is 51.4 Å². The summed E-state index contributed by atoms with van der Waals surface area (Å²) in [5, 5.41) is 3.14. The number of hydrogen-bond acceptors (Lipinski definition) is 5. The van der Waals surface area contributed by atoms with Crippen LogP contribution >= 0.6 is 0 Å². The van der Waals surface area contributed by atoms with Crippen LogP contribution in [0.15, 0.2) is 54.6 Å². The van der Waals surface area contributed by atoms with E-state index in [4.69, 9.17) is 0 Å². The Bertz CT molecular complexity index is 1070. The largest absolute Gasteiger partial charge is 1.00 e. The molecule has 0 saturated heterocycles. The molecule has 5 nitrogen and oxygen atoms in total. The summed E-state index contributed by atoms with van der Waals surface area (Å²) in [6.45, 7) is 2.64. The zero-order valence-electron chi connectivity index (χ0n) is 25.9. The summed E-state index contributed by atoms with van der Waals surface area (Å²) in [6, 6.07) is 17.3. The molecule has 3 rings (SSSR count). The van der Waals surface area contributed by atoms with Crippen LogP contribution in [0.2, 0.25) is 0 Å². The Labute approximate surface area is 293 Å². The molecule has 0 radical (unpaired) electrons. The van der Waals surface area contributed by atoms with Crippen molar-refractivity contribution in [3.63, 3.8) is 0 Å². The molecule has 1 heterocycles.